The number of quaternary nitrogens is 1. The Kier molecular flexibility index (Phi) is 7.73. The summed E-state index contributed by atoms with van der Waals surface area (Å²) < 4.78 is 0. The van der Waals surface area contributed by atoms with E-state index in [1.807, 2.05) is 12.1 Å². The second-order valence-corrected chi connectivity index (χ2v) is 5.47. The SMILES string of the molecule is CC(C[NH+]1CCCCC1)Nc1ccccc1N[N+](=O)[O-].[I-]. The second-order valence-electron chi connectivity index (χ2n) is 5.47. The molecule has 0 aliphatic carbocycles. The Labute approximate surface area is 142 Å². The number of hydrogen-bond acceptors (Lipinski definition) is 3. The predicted octanol–water partition coefficient (Wildman–Crippen LogP) is -1.84. The number of benzene rings is 1. The Hall–Kier alpha value is -1.09. The maximum Gasteiger partial charge on any atom is 0.162 e. The minimum absolute atomic E-state index is 0. The average molecular weight is 406 g/mol. The van der Waals surface area contributed by atoms with Crippen LogP contribution in [-0.4, -0.2) is 30.7 Å². The number of rotatable bonds is 6. The highest BCUT2D eigenvalue weighted by atomic mass is 127. The molecular formula is C14H23IN4O2. The summed E-state index contributed by atoms with van der Waals surface area (Å²) in [5, 5.41) is 13.4. The summed E-state index contributed by atoms with van der Waals surface area (Å²) in [6.45, 7) is 5.65. The van der Waals surface area contributed by atoms with Gasteiger partial charge in [-0.1, -0.05) is 12.1 Å². The highest BCUT2D eigenvalue weighted by Gasteiger charge is 2.17. The molecule has 0 bridgehead atoms. The third-order valence-electron chi connectivity index (χ3n) is 3.70. The zero-order chi connectivity index (χ0) is 14.4. The van der Waals surface area contributed by atoms with E-state index in [1.54, 1.807) is 17.0 Å². The van der Waals surface area contributed by atoms with Crippen molar-refractivity contribution in [2.45, 2.75) is 32.2 Å². The van der Waals surface area contributed by atoms with E-state index in [1.165, 1.54) is 32.4 Å². The maximum absolute atomic E-state index is 10.6. The number of anilines is 2. The van der Waals surface area contributed by atoms with Crippen LogP contribution in [-0.2, 0) is 0 Å². The van der Waals surface area contributed by atoms with Crippen molar-refractivity contribution in [3.63, 3.8) is 0 Å². The van der Waals surface area contributed by atoms with Crippen LogP contribution in [0.2, 0.25) is 0 Å². The zero-order valence-electron chi connectivity index (χ0n) is 12.3. The monoisotopic (exact) mass is 406 g/mol. The number of para-hydroxylation sites is 2. The first-order valence-corrected chi connectivity index (χ1v) is 7.25. The molecule has 1 unspecified atom stereocenters. The van der Waals surface area contributed by atoms with Crippen LogP contribution in [0.3, 0.4) is 0 Å². The molecule has 0 spiro atoms. The van der Waals surface area contributed by atoms with Crippen molar-refractivity contribution in [1.29, 1.82) is 0 Å². The van der Waals surface area contributed by atoms with Crippen molar-refractivity contribution < 1.29 is 33.9 Å². The molecule has 0 saturated carbocycles. The standard InChI is InChI=1S/C14H22N4O2.HI/c1-12(11-17-9-5-2-6-10-17)15-13-7-3-4-8-14(13)16-18(19)20;/h3-4,7-8,12,15-16H,2,5-6,9-11H2,1H3;1H. The first-order valence-electron chi connectivity index (χ1n) is 7.25. The van der Waals surface area contributed by atoms with Crippen LogP contribution in [0.1, 0.15) is 26.2 Å². The van der Waals surface area contributed by atoms with Gasteiger partial charge in [0.05, 0.1) is 31.4 Å². The van der Waals surface area contributed by atoms with Gasteiger partial charge in [0.2, 0.25) is 0 Å². The Balaban J connectivity index is 0.00000220. The average Bonchev–Trinajstić information content (AvgIpc) is 2.41. The van der Waals surface area contributed by atoms with Crippen LogP contribution in [0.15, 0.2) is 24.3 Å². The largest absolute Gasteiger partial charge is 1.00 e. The van der Waals surface area contributed by atoms with Gasteiger partial charge in [-0.3, -0.25) is 0 Å². The molecular weight excluding hydrogens is 383 g/mol. The van der Waals surface area contributed by atoms with Crippen molar-refractivity contribution in [3.05, 3.63) is 34.4 Å². The topological polar surface area (TPSA) is 71.6 Å². The molecule has 1 aromatic rings. The van der Waals surface area contributed by atoms with Crippen molar-refractivity contribution >= 4 is 11.4 Å². The summed E-state index contributed by atoms with van der Waals surface area (Å²) >= 11 is 0. The number of nitrogens with one attached hydrogen (secondary N) is 3. The molecule has 1 saturated heterocycles. The Morgan fingerprint density at radius 2 is 1.86 bits per heavy atom. The van der Waals surface area contributed by atoms with Gasteiger partial charge in [0.1, 0.15) is 5.69 Å². The third-order valence-corrected chi connectivity index (χ3v) is 3.70. The minimum Gasteiger partial charge on any atom is -1.00 e. The molecule has 0 amide bonds. The fraction of sp³-hybridized carbons (Fsp3) is 0.571. The molecule has 1 heterocycles. The Morgan fingerprint density at radius 1 is 1.24 bits per heavy atom. The third kappa shape index (κ3) is 6.04. The van der Waals surface area contributed by atoms with Crippen LogP contribution in [0.5, 0.6) is 0 Å². The van der Waals surface area contributed by atoms with E-state index in [4.69, 9.17) is 0 Å². The molecule has 1 aromatic carbocycles. The number of nitro groups is 1. The van der Waals surface area contributed by atoms with Crippen molar-refractivity contribution in [3.8, 4) is 0 Å². The summed E-state index contributed by atoms with van der Waals surface area (Å²) in [5.74, 6) is 0. The number of likely N-dealkylation sites (tertiary alicyclic amines) is 1. The van der Waals surface area contributed by atoms with Crippen LogP contribution >= 0.6 is 0 Å². The molecule has 21 heavy (non-hydrogen) atoms. The lowest BCUT2D eigenvalue weighted by atomic mass is 10.1. The maximum atomic E-state index is 10.6. The first-order chi connectivity index (χ1) is 9.65. The minimum atomic E-state index is -0.527. The van der Waals surface area contributed by atoms with Crippen molar-refractivity contribution in [2.75, 3.05) is 30.4 Å². The number of halogens is 1. The van der Waals surface area contributed by atoms with Gasteiger partial charge >= 0.3 is 0 Å². The number of piperidine rings is 1. The van der Waals surface area contributed by atoms with E-state index in [0.29, 0.717) is 5.69 Å². The number of nitrogens with zero attached hydrogens (tertiary/aromatic N) is 1. The fourth-order valence-corrected chi connectivity index (χ4v) is 2.81. The van der Waals surface area contributed by atoms with E-state index in [2.05, 4.69) is 17.7 Å². The summed E-state index contributed by atoms with van der Waals surface area (Å²) in [5.41, 5.74) is 3.53. The summed E-state index contributed by atoms with van der Waals surface area (Å²) in [6.07, 6.45) is 3.96. The molecule has 7 heteroatoms. The van der Waals surface area contributed by atoms with Gasteiger partial charge in [-0.05, 0) is 38.3 Å². The first kappa shape index (κ1) is 18.0. The van der Waals surface area contributed by atoms with E-state index >= 15 is 0 Å². The highest BCUT2D eigenvalue weighted by molar-refractivity contribution is 5.67. The molecule has 0 radical (unpaired) electrons. The van der Waals surface area contributed by atoms with Gasteiger partial charge in [0.25, 0.3) is 0 Å². The van der Waals surface area contributed by atoms with Crippen LogP contribution in [0, 0.1) is 10.1 Å². The molecule has 1 fully saturated rings. The van der Waals surface area contributed by atoms with Crippen molar-refractivity contribution in [2.24, 2.45) is 0 Å². The highest BCUT2D eigenvalue weighted by Crippen LogP contribution is 2.21. The number of hydrogen-bond donors (Lipinski definition) is 3. The van der Waals surface area contributed by atoms with Crippen molar-refractivity contribution in [1.82, 2.24) is 0 Å². The Morgan fingerprint density at radius 3 is 2.48 bits per heavy atom. The molecule has 1 aliphatic rings. The zero-order valence-corrected chi connectivity index (χ0v) is 14.4. The molecule has 2 rings (SSSR count). The van der Waals surface area contributed by atoms with Gasteiger partial charge in [-0.2, -0.15) is 0 Å². The van der Waals surface area contributed by atoms with Gasteiger partial charge in [-0.25, -0.2) is 10.1 Å². The van der Waals surface area contributed by atoms with E-state index < -0.39 is 5.03 Å². The molecule has 1 aliphatic heterocycles. The van der Waals surface area contributed by atoms with Gasteiger partial charge in [-0.15, -0.1) is 5.43 Å². The molecule has 0 aromatic heterocycles. The molecule has 118 valence electrons. The normalized spacial score (nSPS) is 16.6. The molecule has 6 nitrogen and oxygen atoms in total. The predicted molar refractivity (Wildman–Crippen MR) is 79.6 cm³/mol. The lowest BCUT2D eigenvalue weighted by Crippen LogP contribution is -3.13. The Bertz CT molecular complexity index is 452. The van der Waals surface area contributed by atoms with Gasteiger partial charge in [0, 0.05) is 0 Å². The van der Waals surface area contributed by atoms with E-state index in [9.17, 15) is 10.1 Å². The van der Waals surface area contributed by atoms with Gasteiger partial charge in [0.15, 0.2) is 5.03 Å². The molecule has 3 N–H and O–H groups in total. The quantitative estimate of drug-likeness (QED) is 0.295. The van der Waals surface area contributed by atoms with Gasteiger partial charge < -0.3 is 34.2 Å². The number of hydrazine groups is 1. The van der Waals surface area contributed by atoms with E-state index in [-0.39, 0.29) is 30.0 Å². The lowest BCUT2D eigenvalue weighted by molar-refractivity contribution is -0.905. The lowest BCUT2D eigenvalue weighted by Gasteiger charge is -2.27. The van der Waals surface area contributed by atoms with Crippen LogP contribution < -0.4 is 39.6 Å². The second kappa shape index (κ2) is 9.04. The summed E-state index contributed by atoms with van der Waals surface area (Å²) in [4.78, 5) is 12.2. The van der Waals surface area contributed by atoms with Crippen LogP contribution in [0.25, 0.3) is 0 Å². The summed E-state index contributed by atoms with van der Waals surface area (Å²) in [7, 11) is 0. The van der Waals surface area contributed by atoms with Crippen LogP contribution in [0.4, 0.5) is 11.4 Å². The van der Waals surface area contributed by atoms with E-state index in [0.717, 1.165) is 12.2 Å². The summed E-state index contributed by atoms with van der Waals surface area (Å²) in [6, 6.07) is 7.54. The molecule has 1 atom stereocenters. The smallest absolute Gasteiger partial charge is 0.162 e. The fourth-order valence-electron chi connectivity index (χ4n) is 2.81.